The number of rotatable bonds is 4. The number of hydrogen-bond acceptors (Lipinski definition) is 4. The van der Waals surface area contributed by atoms with Crippen LogP contribution in [0.15, 0.2) is 12.4 Å². The number of carboxylic acids is 1. The van der Waals surface area contributed by atoms with Crippen molar-refractivity contribution in [3.63, 3.8) is 0 Å². The summed E-state index contributed by atoms with van der Waals surface area (Å²) in [6.45, 7) is 2.29. The zero-order valence-corrected chi connectivity index (χ0v) is 9.94. The van der Waals surface area contributed by atoms with E-state index in [1.54, 1.807) is 12.4 Å². The van der Waals surface area contributed by atoms with E-state index in [0.29, 0.717) is 12.4 Å². The molecular weight excluding hydrogens is 218 g/mol. The van der Waals surface area contributed by atoms with E-state index in [4.69, 9.17) is 0 Å². The van der Waals surface area contributed by atoms with Gasteiger partial charge < -0.3 is 10.4 Å². The Labute approximate surface area is 100 Å². The summed E-state index contributed by atoms with van der Waals surface area (Å²) >= 11 is 0. The van der Waals surface area contributed by atoms with Gasteiger partial charge in [-0.2, -0.15) is 0 Å². The molecule has 2 N–H and O–H groups in total. The van der Waals surface area contributed by atoms with E-state index in [1.807, 2.05) is 6.92 Å². The van der Waals surface area contributed by atoms with Crippen LogP contribution >= 0.6 is 0 Å². The third-order valence-corrected chi connectivity index (χ3v) is 3.49. The minimum atomic E-state index is -0.705. The van der Waals surface area contributed by atoms with Crippen molar-refractivity contribution in [3.05, 3.63) is 18.1 Å². The van der Waals surface area contributed by atoms with Gasteiger partial charge in [-0.25, -0.2) is 4.98 Å². The van der Waals surface area contributed by atoms with Gasteiger partial charge in [0.15, 0.2) is 0 Å². The Balaban J connectivity index is 2.06. The highest BCUT2D eigenvalue weighted by molar-refractivity contribution is 5.75. The maximum Gasteiger partial charge on any atom is 0.311 e. The predicted molar refractivity (Wildman–Crippen MR) is 63.8 cm³/mol. The van der Waals surface area contributed by atoms with Crippen molar-refractivity contribution in [3.8, 4) is 0 Å². The molecular formula is C12H17N3O2. The molecule has 0 atom stereocenters. The molecule has 1 fully saturated rings. The number of carboxylic acid groups (broad SMARTS) is 1. The molecule has 0 aliphatic heterocycles. The molecule has 0 spiro atoms. The van der Waals surface area contributed by atoms with Gasteiger partial charge >= 0.3 is 5.97 Å². The summed E-state index contributed by atoms with van der Waals surface area (Å²) in [7, 11) is 0. The molecule has 1 aliphatic carbocycles. The minimum absolute atomic E-state index is 0.432. The second kappa shape index (κ2) is 4.69. The highest BCUT2D eigenvalue weighted by Crippen LogP contribution is 2.38. The van der Waals surface area contributed by atoms with Crippen molar-refractivity contribution < 1.29 is 9.90 Å². The third-order valence-electron chi connectivity index (χ3n) is 3.49. The first kappa shape index (κ1) is 11.8. The van der Waals surface area contributed by atoms with E-state index in [0.717, 1.165) is 31.4 Å². The van der Waals surface area contributed by atoms with Crippen molar-refractivity contribution in [1.82, 2.24) is 9.97 Å². The van der Waals surface area contributed by atoms with E-state index in [1.165, 1.54) is 0 Å². The van der Waals surface area contributed by atoms with Gasteiger partial charge in [0.1, 0.15) is 5.82 Å². The summed E-state index contributed by atoms with van der Waals surface area (Å²) in [4.78, 5) is 19.6. The molecule has 1 aromatic heterocycles. The maximum absolute atomic E-state index is 11.4. The lowest BCUT2D eigenvalue weighted by Crippen LogP contribution is -2.35. The van der Waals surface area contributed by atoms with Crippen LogP contribution < -0.4 is 5.32 Å². The number of nitrogens with zero attached hydrogens (tertiary/aromatic N) is 2. The molecule has 0 saturated heterocycles. The normalized spacial score (nSPS) is 17.9. The fourth-order valence-electron chi connectivity index (χ4n) is 2.35. The summed E-state index contributed by atoms with van der Waals surface area (Å²) in [5, 5.41) is 12.5. The molecule has 1 saturated carbocycles. The van der Waals surface area contributed by atoms with Gasteiger partial charge in [-0.15, -0.1) is 0 Å². The molecule has 1 aromatic rings. The second-order valence-corrected chi connectivity index (χ2v) is 4.64. The molecule has 0 aromatic carbocycles. The van der Waals surface area contributed by atoms with E-state index in [2.05, 4.69) is 15.3 Å². The van der Waals surface area contributed by atoms with Gasteiger partial charge in [0, 0.05) is 18.9 Å². The molecule has 92 valence electrons. The first-order chi connectivity index (χ1) is 8.14. The summed E-state index contributed by atoms with van der Waals surface area (Å²) < 4.78 is 0. The highest BCUT2D eigenvalue weighted by Gasteiger charge is 2.41. The fourth-order valence-corrected chi connectivity index (χ4v) is 2.35. The van der Waals surface area contributed by atoms with Crippen molar-refractivity contribution >= 4 is 11.8 Å². The molecule has 2 rings (SSSR count). The maximum atomic E-state index is 11.4. The SMILES string of the molecule is Cc1nccnc1NCC1(C(=O)O)CCCC1. The van der Waals surface area contributed by atoms with Crippen LogP contribution in [0.4, 0.5) is 5.82 Å². The highest BCUT2D eigenvalue weighted by atomic mass is 16.4. The van der Waals surface area contributed by atoms with Crippen LogP contribution in [-0.2, 0) is 4.79 Å². The van der Waals surface area contributed by atoms with Crippen molar-refractivity contribution in [2.24, 2.45) is 5.41 Å². The van der Waals surface area contributed by atoms with Gasteiger partial charge in [0.2, 0.25) is 0 Å². The molecule has 1 heterocycles. The molecule has 0 bridgehead atoms. The number of nitrogens with one attached hydrogen (secondary N) is 1. The van der Waals surface area contributed by atoms with Crippen molar-refractivity contribution in [2.75, 3.05) is 11.9 Å². The van der Waals surface area contributed by atoms with Crippen LogP contribution in [0.25, 0.3) is 0 Å². The quantitative estimate of drug-likeness (QED) is 0.832. The van der Waals surface area contributed by atoms with E-state index >= 15 is 0 Å². The fraction of sp³-hybridized carbons (Fsp3) is 0.583. The van der Waals surface area contributed by atoms with Crippen LogP contribution in [0.1, 0.15) is 31.4 Å². The Hall–Kier alpha value is -1.65. The first-order valence-electron chi connectivity index (χ1n) is 5.89. The van der Waals surface area contributed by atoms with Crippen LogP contribution in [0, 0.1) is 12.3 Å². The predicted octanol–water partition coefficient (Wildman–Crippen LogP) is 1.84. The van der Waals surface area contributed by atoms with E-state index in [9.17, 15) is 9.90 Å². The lowest BCUT2D eigenvalue weighted by atomic mass is 9.86. The van der Waals surface area contributed by atoms with Gasteiger partial charge in [-0.1, -0.05) is 12.8 Å². The number of hydrogen-bond donors (Lipinski definition) is 2. The Morgan fingerprint density at radius 3 is 2.65 bits per heavy atom. The second-order valence-electron chi connectivity index (χ2n) is 4.64. The molecule has 5 nitrogen and oxygen atoms in total. The zero-order valence-electron chi connectivity index (χ0n) is 9.94. The van der Waals surface area contributed by atoms with Crippen molar-refractivity contribution in [2.45, 2.75) is 32.6 Å². The average molecular weight is 235 g/mol. The van der Waals surface area contributed by atoms with Gasteiger partial charge in [-0.05, 0) is 19.8 Å². The summed E-state index contributed by atoms with van der Waals surface area (Å²) in [6.07, 6.45) is 6.71. The molecule has 0 amide bonds. The molecule has 0 unspecified atom stereocenters. The van der Waals surface area contributed by atoms with Crippen molar-refractivity contribution in [1.29, 1.82) is 0 Å². The number of anilines is 1. The van der Waals surface area contributed by atoms with Crippen LogP contribution in [0.2, 0.25) is 0 Å². The largest absolute Gasteiger partial charge is 0.481 e. The third kappa shape index (κ3) is 2.38. The molecule has 1 aliphatic rings. The summed E-state index contributed by atoms with van der Waals surface area (Å²) in [5.41, 5.74) is 0.176. The molecule has 17 heavy (non-hydrogen) atoms. The lowest BCUT2D eigenvalue weighted by molar-refractivity contribution is -0.147. The van der Waals surface area contributed by atoms with Crippen LogP contribution in [0.5, 0.6) is 0 Å². The lowest BCUT2D eigenvalue weighted by Gasteiger charge is -2.24. The Kier molecular flexibility index (Phi) is 3.26. The Morgan fingerprint density at radius 1 is 1.41 bits per heavy atom. The Morgan fingerprint density at radius 2 is 2.06 bits per heavy atom. The number of aliphatic carboxylic acids is 1. The average Bonchev–Trinajstić information content (AvgIpc) is 2.78. The molecule has 5 heteroatoms. The zero-order chi connectivity index (χ0) is 12.3. The van der Waals surface area contributed by atoms with Crippen LogP contribution in [0.3, 0.4) is 0 Å². The smallest absolute Gasteiger partial charge is 0.311 e. The van der Waals surface area contributed by atoms with Gasteiger partial charge in [-0.3, -0.25) is 9.78 Å². The summed E-state index contributed by atoms with van der Waals surface area (Å²) in [5.74, 6) is -0.0240. The summed E-state index contributed by atoms with van der Waals surface area (Å²) in [6, 6.07) is 0. The van der Waals surface area contributed by atoms with E-state index in [-0.39, 0.29) is 0 Å². The first-order valence-corrected chi connectivity index (χ1v) is 5.89. The van der Waals surface area contributed by atoms with E-state index < -0.39 is 11.4 Å². The standard InChI is InChI=1S/C12H17N3O2/c1-9-10(14-7-6-13-9)15-8-12(11(16)17)4-2-3-5-12/h6-7H,2-5,8H2,1H3,(H,14,15)(H,16,17). The number of aromatic nitrogens is 2. The van der Waals surface area contributed by atoms with Gasteiger partial charge in [0.05, 0.1) is 11.1 Å². The van der Waals surface area contributed by atoms with Crippen LogP contribution in [-0.4, -0.2) is 27.6 Å². The number of aryl methyl sites for hydroxylation is 1. The minimum Gasteiger partial charge on any atom is -0.481 e. The number of carbonyl (C=O) groups is 1. The Bertz CT molecular complexity index is 414. The van der Waals surface area contributed by atoms with Gasteiger partial charge in [0.25, 0.3) is 0 Å². The molecule has 0 radical (unpaired) electrons. The topological polar surface area (TPSA) is 75.1 Å². The monoisotopic (exact) mass is 235 g/mol.